The quantitative estimate of drug-likeness (QED) is 0.0664. The summed E-state index contributed by atoms with van der Waals surface area (Å²) in [5.74, 6) is -4.43. The molecule has 188 valence electrons. The van der Waals surface area contributed by atoms with E-state index in [1.807, 2.05) is 0 Å². The number of alkyl halides is 1. The number of aliphatic hydroxyl groups excluding tert-OH is 1. The van der Waals surface area contributed by atoms with Crippen molar-refractivity contribution < 1.29 is 55.2 Å². The van der Waals surface area contributed by atoms with Gasteiger partial charge in [-0.2, -0.15) is 0 Å². The van der Waals surface area contributed by atoms with Crippen LogP contribution in [0.2, 0.25) is 0 Å². The molecule has 2 aromatic carbocycles. The summed E-state index contributed by atoms with van der Waals surface area (Å²) in [6, 6.07) is 3.86. The normalized spacial score (nSPS) is 26.5. The molecular formula is C20H17IO13S. The third-order valence-corrected chi connectivity index (χ3v) is 9.74. The van der Waals surface area contributed by atoms with Gasteiger partial charge in [0.1, 0.15) is 0 Å². The average Bonchev–Trinajstić information content (AvgIpc) is 2.79. The van der Waals surface area contributed by atoms with Crippen LogP contribution in [0.25, 0.3) is 22.3 Å². The second-order valence-electron chi connectivity index (χ2n) is 7.61. The summed E-state index contributed by atoms with van der Waals surface area (Å²) in [4.78, 5) is 13.4. The maximum absolute atomic E-state index is 13.4. The Hall–Kier alpha value is -2.67. The molecule has 4 heterocycles. The van der Waals surface area contributed by atoms with Gasteiger partial charge in [0, 0.05) is 0 Å². The zero-order chi connectivity index (χ0) is 25.2. The topological polar surface area (TPSA) is 209 Å². The number of ether oxygens (including phenoxy) is 1. The van der Waals surface area contributed by atoms with Gasteiger partial charge in [0.2, 0.25) is 0 Å². The van der Waals surface area contributed by atoms with Crippen molar-refractivity contribution in [2.45, 2.75) is 22.1 Å². The number of hydrogen-bond donors (Lipinski definition) is 8. The number of halogens is 1. The number of phenolic OH excluding ortho intramolecular Hbond substituents is 5. The molecule has 0 amide bonds. The Morgan fingerprint density at radius 2 is 1.74 bits per heavy atom. The molecule has 35 heavy (non-hydrogen) atoms. The van der Waals surface area contributed by atoms with Gasteiger partial charge in [-0.3, -0.25) is 0 Å². The first-order valence-corrected chi connectivity index (χ1v) is 12.9. The van der Waals surface area contributed by atoms with Crippen molar-refractivity contribution in [3.63, 3.8) is 0 Å². The van der Waals surface area contributed by atoms with Crippen molar-refractivity contribution >= 4 is 44.5 Å². The molecule has 3 aliphatic rings. The van der Waals surface area contributed by atoms with Crippen molar-refractivity contribution in [2.75, 3.05) is 6.61 Å². The van der Waals surface area contributed by atoms with Gasteiger partial charge in [0.05, 0.1) is 0 Å². The van der Waals surface area contributed by atoms with E-state index in [1.54, 1.807) is 0 Å². The first-order valence-electron chi connectivity index (χ1n) is 9.74. The zero-order valence-electron chi connectivity index (χ0n) is 17.2. The molecule has 3 unspecified atom stereocenters. The van der Waals surface area contributed by atoms with Crippen LogP contribution in [0.4, 0.5) is 0 Å². The van der Waals surface area contributed by atoms with Crippen LogP contribution in [0.1, 0.15) is 0 Å². The molecule has 0 radical (unpaired) electrons. The van der Waals surface area contributed by atoms with Gasteiger partial charge >= 0.3 is 209 Å². The monoisotopic (exact) mass is 624 g/mol. The number of benzene rings is 2. The predicted octanol–water partition coefficient (Wildman–Crippen LogP) is 1.37. The Morgan fingerprint density at radius 1 is 1.06 bits per heavy atom. The molecule has 15 heteroatoms. The standard InChI is InChI=1S/C20H17IO13S/c22-5-12-17-19(34-35)20(29,31-17)21(32-12)33-18-15(28)13-8(24)3-7(23)4-11(13)30-16(18)6-1-9(25)14(27)10(26)2-6/h1-4,12,17,19,22-27,29,35H,5H2/t12?,17?,19?,20-/m0/s1. The third-order valence-electron chi connectivity index (χ3n) is 5.42. The van der Waals surface area contributed by atoms with E-state index < -0.39 is 95.0 Å². The number of thiol groups is 1. The number of hydrogen-bond acceptors (Lipinski definition) is 14. The summed E-state index contributed by atoms with van der Waals surface area (Å²) in [5, 5.41) is 69.9. The fourth-order valence-corrected chi connectivity index (χ4v) is 8.30. The first kappa shape index (κ1) is 24.0. The first-order chi connectivity index (χ1) is 16.6. The fourth-order valence-electron chi connectivity index (χ4n) is 3.73. The maximum atomic E-state index is 13.4. The molecule has 1 aromatic heterocycles. The second-order valence-corrected chi connectivity index (χ2v) is 11.6. The van der Waals surface area contributed by atoms with Gasteiger partial charge in [-0.15, -0.1) is 0 Å². The molecule has 3 aromatic rings. The Bertz CT molecular complexity index is 1370. The molecule has 4 atom stereocenters. The number of fused-ring (bicyclic) bond motifs is 3. The van der Waals surface area contributed by atoms with Crippen LogP contribution >= 0.6 is 33.6 Å². The predicted molar refractivity (Wildman–Crippen MR) is 127 cm³/mol. The van der Waals surface area contributed by atoms with E-state index in [9.17, 15) is 40.5 Å². The van der Waals surface area contributed by atoms with Gasteiger partial charge in [0.15, 0.2) is 0 Å². The van der Waals surface area contributed by atoms with Crippen molar-refractivity contribution in [3.05, 3.63) is 34.5 Å². The molecular weight excluding hydrogens is 607 g/mol. The van der Waals surface area contributed by atoms with E-state index >= 15 is 0 Å². The summed E-state index contributed by atoms with van der Waals surface area (Å²) < 4.78 is 25.5. The Labute approximate surface area is 208 Å². The van der Waals surface area contributed by atoms with Gasteiger partial charge in [-0.25, -0.2) is 0 Å². The van der Waals surface area contributed by atoms with E-state index in [-0.39, 0.29) is 16.5 Å². The second kappa shape index (κ2) is 8.47. The van der Waals surface area contributed by atoms with Gasteiger partial charge in [0.25, 0.3) is 0 Å². The van der Waals surface area contributed by atoms with Gasteiger partial charge < -0.3 is 0 Å². The Morgan fingerprint density at radius 3 is 2.37 bits per heavy atom. The molecule has 7 N–H and O–H groups in total. The zero-order valence-corrected chi connectivity index (χ0v) is 20.2. The molecule has 2 bridgehead atoms. The number of aromatic hydroxyl groups is 5. The minimum atomic E-state index is -3.76. The van der Waals surface area contributed by atoms with Gasteiger partial charge in [-0.1, -0.05) is 0 Å². The van der Waals surface area contributed by atoms with Crippen LogP contribution in [0.15, 0.2) is 33.5 Å². The summed E-state index contributed by atoms with van der Waals surface area (Å²) >= 11 is -0.0265. The number of aliphatic hydroxyl groups is 2. The van der Waals surface area contributed by atoms with E-state index in [1.165, 1.54) is 0 Å². The Balaban J connectivity index is 1.72. The van der Waals surface area contributed by atoms with E-state index in [4.69, 9.17) is 19.5 Å². The van der Waals surface area contributed by atoms with Crippen molar-refractivity contribution in [1.29, 1.82) is 0 Å². The van der Waals surface area contributed by atoms with E-state index in [2.05, 4.69) is 12.9 Å². The number of phenols is 5. The van der Waals surface area contributed by atoms with Crippen LogP contribution in [0, 0.1) is 0 Å². The minimum absolute atomic E-state index is 0.150. The third kappa shape index (κ3) is 3.62. The van der Waals surface area contributed by atoms with Crippen LogP contribution in [0.5, 0.6) is 34.5 Å². The Kier molecular flexibility index (Phi) is 5.82. The molecule has 3 saturated heterocycles. The average molecular weight is 624 g/mol. The summed E-state index contributed by atoms with van der Waals surface area (Å²) in [6.45, 7) is -0.523. The van der Waals surface area contributed by atoms with E-state index in [0.29, 0.717) is 0 Å². The fraction of sp³-hybridized carbons (Fsp3) is 0.250. The van der Waals surface area contributed by atoms with Crippen LogP contribution in [0.3, 0.4) is 0 Å². The van der Waals surface area contributed by atoms with Crippen molar-refractivity contribution in [1.82, 2.24) is 0 Å². The van der Waals surface area contributed by atoms with Crippen molar-refractivity contribution in [2.24, 2.45) is 0 Å². The van der Waals surface area contributed by atoms with Crippen LogP contribution < -0.4 is 8.50 Å². The van der Waals surface area contributed by atoms with Crippen LogP contribution in [-0.4, -0.2) is 64.5 Å². The molecule has 0 spiro atoms. The van der Waals surface area contributed by atoms with Crippen LogP contribution in [-0.2, 0) is 12.0 Å². The summed E-state index contributed by atoms with van der Waals surface area (Å²) in [5.41, 5.74) is -1.39. The molecule has 0 aliphatic carbocycles. The molecule has 13 nitrogen and oxygen atoms in total. The molecule has 0 saturated carbocycles. The summed E-state index contributed by atoms with van der Waals surface area (Å²) in [6.07, 6.45) is -2.86. The summed E-state index contributed by atoms with van der Waals surface area (Å²) in [7, 11) is 0. The molecule has 3 aliphatic heterocycles. The van der Waals surface area contributed by atoms with E-state index in [0.717, 1.165) is 24.3 Å². The molecule has 6 rings (SSSR count). The number of rotatable bonds is 5. The van der Waals surface area contributed by atoms with Gasteiger partial charge in [-0.05, 0) is 0 Å². The molecule has 3 fully saturated rings. The SMILES string of the molecule is O=c1c(OI2OC(CO)C3O[C@@]2(O)C3OS)c(-c2cc(O)c(O)c(O)c2)oc2cc(O)cc(O)c12. The van der Waals surface area contributed by atoms with Crippen molar-refractivity contribution in [3.8, 4) is 45.8 Å².